The summed E-state index contributed by atoms with van der Waals surface area (Å²) in [6.07, 6.45) is 1.01. The van der Waals surface area contributed by atoms with Crippen LogP contribution in [0.2, 0.25) is 0 Å². The number of carboxylic acid groups (broad SMARTS) is 1. The monoisotopic (exact) mass is 425 g/mol. The lowest BCUT2D eigenvalue weighted by Crippen LogP contribution is -2.41. The third kappa shape index (κ3) is 4.23. The van der Waals surface area contributed by atoms with Crippen LogP contribution in [0, 0.1) is 0 Å². The Morgan fingerprint density at radius 2 is 1.87 bits per heavy atom. The standard InChI is InChI=1S/C23H32BN3O4/c1-21(2,14-25-19-13-18(15-10-11-15)27(26-19)20(28)29)16-8-7-9-17(12-16)24-30-22(3,4)23(5,6)31-24/h7-9,12-13,15H,10-11,14H2,1-6H3,(H,25,26)(H,28,29). The lowest BCUT2D eigenvalue weighted by atomic mass is 9.75. The van der Waals surface area contributed by atoms with Gasteiger partial charge in [-0.1, -0.05) is 38.1 Å². The molecule has 2 aromatic rings. The van der Waals surface area contributed by atoms with Gasteiger partial charge in [0, 0.05) is 23.9 Å². The average molecular weight is 425 g/mol. The zero-order chi connectivity index (χ0) is 22.6. The highest BCUT2D eigenvalue weighted by Crippen LogP contribution is 2.41. The lowest BCUT2D eigenvalue weighted by molar-refractivity contribution is 0.00578. The second kappa shape index (κ2) is 7.38. The van der Waals surface area contributed by atoms with Gasteiger partial charge in [-0.3, -0.25) is 0 Å². The van der Waals surface area contributed by atoms with E-state index >= 15 is 0 Å². The van der Waals surface area contributed by atoms with Crippen molar-refractivity contribution < 1.29 is 19.2 Å². The third-order valence-corrected chi connectivity index (χ3v) is 6.82. The number of nitrogens with one attached hydrogen (secondary N) is 1. The SMILES string of the molecule is CC(C)(CNc1cc(C2CC2)n(C(=O)O)n1)c1cccc(B2OC(C)(C)C(C)(C)O2)c1. The average Bonchev–Trinajstić information content (AvgIpc) is 3.39. The maximum atomic E-state index is 11.5. The van der Waals surface area contributed by atoms with Gasteiger partial charge < -0.3 is 19.7 Å². The first-order valence-corrected chi connectivity index (χ1v) is 10.9. The molecule has 166 valence electrons. The molecule has 0 atom stereocenters. The summed E-state index contributed by atoms with van der Waals surface area (Å²) in [5, 5.41) is 17.0. The summed E-state index contributed by atoms with van der Waals surface area (Å²) in [6, 6.07) is 10.2. The van der Waals surface area contributed by atoms with Crippen LogP contribution in [0.3, 0.4) is 0 Å². The molecule has 1 aliphatic carbocycles. The Hall–Kier alpha value is -2.32. The zero-order valence-electron chi connectivity index (χ0n) is 19.2. The Labute approximate surface area is 184 Å². The van der Waals surface area contributed by atoms with Crippen molar-refractivity contribution in [2.24, 2.45) is 0 Å². The molecule has 7 nitrogen and oxygen atoms in total. The quantitative estimate of drug-likeness (QED) is 0.682. The fourth-order valence-corrected chi connectivity index (χ4v) is 3.80. The normalized spacial score (nSPS) is 20.1. The van der Waals surface area contributed by atoms with Crippen molar-refractivity contribution in [3.63, 3.8) is 0 Å². The Balaban J connectivity index is 1.49. The first-order chi connectivity index (χ1) is 14.4. The van der Waals surface area contributed by atoms with Gasteiger partial charge >= 0.3 is 13.2 Å². The van der Waals surface area contributed by atoms with Crippen molar-refractivity contribution >= 4 is 24.5 Å². The second-order valence-corrected chi connectivity index (χ2v) is 10.4. The highest BCUT2D eigenvalue weighted by atomic mass is 16.7. The minimum Gasteiger partial charge on any atom is -0.463 e. The van der Waals surface area contributed by atoms with Crippen LogP contribution in [0.4, 0.5) is 10.6 Å². The zero-order valence-corrected chi connectivity index (χ0v) is 19.2. The van der Waals surface area contributed by atoms with Crippen molar-refractivity contribution in [1.82, 2.24) is 9.78 Å². The van der Waals surface area contributed by atoms with Crippen molar-refractivity contribution in [1.29, 1.82) is 0 Å². The van der Waals surface area contributed by atoms with Crippen LogP contribution in [0.15, 0.2) is 30.3 Å². The molecule has 1 aromatic heterocycles. The summed E-state index contributed by atoms with van der Waals surface area (Å²) in [5.41, 5.74) is 1.94. The molecule has 1 aliphatic heterocycles. The molecular weight excluding hydrogens is 393 g/mol. The molecule has 1 saturated heterocycles. The Bertz CT molecular complexity index is 978. The van der Waals surface area contributed by atoms with Crippen LogP contribution in [-0.4, -0.2) is 45.8 Å². The molecule has 2 fully saturated rings. The van der Waals surface area contributed by atoms with Gasteiger partial charge in [0.15, 0.2) is 0 Å². The number of anilines is 1. The first-order valence-electron chi connectivity index (χ1n) is 10.9. The van der Waals surface area contributed by atoms with Gasteiger partial charge in [-0.05, 0) is 51.6 Å². The summed E-state index contributed by atoms with van der Waals surface area (Å²) in [7, 11) is -0.402. The van der Waals surface area contributed by atoms with Gasteiger partial charge in [-0.25, -0.2) is 4.79 Å². The molecule has 1 aromatic carbocycles. The molecule has 0 radical (unpaired) electrons. The number of rotatable bonds is 6. The van der Waals surface area contributed by atoms with Gasteiger partial charge in [0.1, 0.15) is 5.82 Å². The third-order valence-electron chi connectivity index (χ3n) is 6.82. The van der Waals surface area contributed by atoms with E-state index in [2.05, 4.69) is 64.1 Å². The largest absolute Gasteiger partial charge is 0.494 e. The fraction of sp³-hybridized carbons (Fsp3) is 0.565. The Kier molecular flexibility index (Phi) is 5.21. The molecular formula is C23H32BN3O4. The lowest BCUT2D eigenvalue weighted by Gasteiger charge is -2.32. The molecule has 2 aliphatic rings. The summed E-state index contributed by atoms with van der Waals surface area (Å²) in [6.45, 7) is 13.1. The van der Waals surface area contributed by atoms with E-state index in [1.54, 1.807) is 0 Å². The van der Waals surface area contributed by atoms with Crippen molar-refractivity contribution in [3.05, 3.63) is 41.6 Å². The molecule has 0 amide bonds. The minimum absolute atomic E-state index is 0.216. The number of hydrogen-bond acceptors (Lipinski definition) is 5. The first kappa shape index (κ1) is 21.9. The van der Waals surface area contributed by atoms with E-state index in [1.165, 1.54) is 0 Å². The van der Waals surface area contributed by atoms with Crippen LogP contribution in [0.25, 0.3) is 0 Å². The number of aromatic nitrogens is 2. The van der Waals surface area contributed by atoms with Gasteiger partial charge in [0.25, 0.3) is 0 Å². The van der Waals surface area contributed by atoms with E-state index in [9.17, 15) is 9.90 Å². The molecule has 0 bridgehead atoms. The summed E-state index contributed by atoms with van der Waals surface area (Å²) in [5.74, 6) is 0.906. The molecule has 2 heterocycles. The predicted molar refractivity (Wildman–Crippen MR) is 121 cm³/mol. The summed E-state index contributed by atoms with van der Waals surface area (Å²) < 4.78 is 13.5. The van der Waals surface area contributed by atoms with Crippen LogP contribution in [0.1, 0.15) is 71.6 Å². The predicted octanol–water partition coefficient (Wildman–Crippen LogP) is 3.98. The molecule has 1 saturated carbocycles. The van der Waals surface area contributed by atoms with Gasteiger partial charge in [0.05, 0.1) is 16.9 Å². The van der Waals surface area contributed by atoms with Crippen LogP contribution < -0.4 is 10.8 Å². The van der Waals surface area contributed by atoms with Crippen LogP contribution in [-0.2, 0) is 14.7 Å². The summed E-state index contributed by atoms with van der Waals surface area (Å²) in [4.78, 5) is 11.5. The highest BCUT2D eigenvalue weighted by Gasteiger charge is 2.51. The van der Waals surface area contributed by atoms with E-state index in [-0.39, 0.29) is 16.6 Å². The maximum Gasteiger partial charge on any atom is 0.494 e. The Morgan fingerprint density at radius 3 is 2.45 bits per heavy atom. The van der Waals surface area contributed by atoms with E-state index in [1.807, 2.05) is 18.2 Å². The number of carbonyl (C=O) groups is 1. The topological polar surface area (TPSA) is 85.6 Å². The number of hydrogen-bond donors (Lipinski definition) is 2. The van der Waals surface area contributed by atoms with E-state index in [4.69, 9.17) is 9.31 Å². The van der Waals surface area contributed by atoms with E-state index in [0.29, 0.717) is 18.3 Å². The molecule has 4 rings (SSSR count). The van der Waals surface area contributed by atoms with Crippen LogP contribution in [0.5, 0.6) is 0 Å². The van der Waals surface area contributed by atoms with E-state index < -0.39 is 13.2 Å². The van der Waals surface area contributed by atoms with Gasteiger partial charge in [0.2, 0.25) is 0 Å². The molecule has 0 unspecified atom stereocenters. The molecule has 31 heavy (non-hydrogen) atoms. The second-order valence-electron chi connectivity index (χ2n) is 10.4. The van der Waals surface area contributed by atoms with Gasteiger partial charge in [-0.15, -0.1) is 5.10 Å². The number of nitrogens with zero attached hydrogens (tertiary/aromatic N) is 2. The fourth-order valence-electron chi connectivity index (χ4n) is 3.80. The Morgan fingerprint density at radius 1 is 1.23 bits per heavy atom. The van der Waals surface area contributed by atoms with Gasteiger partial charge in [-0.2, -0.15) is 4.68 Å². The van der Waals surface area contributed by atoms with Crippen molar-refractivity contribution in [3.8, 4) is 0 Å². The maximum absolute atomic E-state index is 11.5. The molecule has 0 spiro atoms. The van der Waals surface area contributed by atoms with Crippen molar-refractivity contribution in [2.75, 3.05) is 11.9 Å². The van der Waals surface area contributed by atoms with Crippen LogP contribution >= 0.6 is 0 Å². The molecule has 8 heteroatoms. The van der Waals surface area contributed by atoms with E-state index in [0.717, 1.165) is 34.2 Å². The minimum atomic E-state index is -1.04. The highest BCUT2D eigenvalue weighted by molar-refractivity contribution is 6.62. The summed E-state index contributed by atoms with van der Waals surface area (Å²) >= 11 is 0. The smallest absolute Gasteiger partial charge is 0.463 e. The van der Waals surface area contributed by atoms with Crippen molar-refractivity contribution in [2.45, 2.75) is 76.9 Å². The number of benzene rings is 1. The molecule has 2 N–H and O–H groups in total.